The highest BCUT2D eigenvalue weighted by Crippen LogP contribution is 2.20. The van der Waals surface area contributed by atoms with Crippen LogP contribution in [0.2, 0.25) is 0 Å². The van der Waals surface area contributed by atoms with Crippen LogP contribution in [0.25, 0.3) is 0 Å². The second kappa shape index (κ2) is 6.25. The van der Waals surface area contributed by atoms with Crippen LogP contribution in [0.4, 0.5) is 0 Å². The molecule has 0 atom stereocenters. The van der Waals surface area contributed by atoms with Crippen molar-refractivity contribution >= 4 is 33.2 Å². The molecule has 84 valence electrons. The largest absolute Gasteiger partial charge is 0.351 e. The highest BCUT2D eigenvalue weighted by atomic mass is 79.9. The molecule has 1 rings (SSSR count). The average molecular weight is 291 g/mol. The van der Waals surface area contributed by atoms with Gasteiger partial charge in [-0.25, -0.2) is 0 Å². The Hall–Kier alpha value is -0.390. The lowest BCUT2D eigenvalue weighted by atomic mass is 10.3. The van der Waals surface area contributed by atoms with Gasteiger partial charge in [-0.05, 0) is 22.0 Å². The van der Waals surface area contributed by atoms with Crippen molar-refractivity contribution in [3.05, 3.63) is 20.8 Å². The van der Waals surface area contributed by atoms with Crippen molar-refractivity contribution in [3.63, 3.8) is 0 Å². The minimum Gasteiger partial charge on any atom is -0.351 e. The molecule has 1 amide bonds. The molecule has 5 heteroatoms. The van der Waals surface area contributed by atoms with Crippen LogP contribution >= 0.6 is 27.3 Å². The Balaban J connectivity index is 2.25. The van der Waals surface area contributed by atoms with Crippen LogP contribution in [0.5, 0.6) is 0 Å². The average Bonchev–Trinajstić information content (AvgIpc) is 2.59. The van der Waals surface area contributed by atoms with E-state index in [2.05, 4.69) is 40.4 Å². The fourth-order valence-electron chi connectivity index (χ4n) is 1.07. The van der Waals surface area contributed by atoms with E-state index in [1.54, 1.807) is 0 Å². The number of rotatable bonds is 5. The van der Waals surface area contributed by atoms with Crippen LogP contribution in [0.3, 0.4) is 0 Å². The fraction of sp³-hybridized carbons (Fsp3) is 0.500. The molecule has 1 aromatic heterocycles. The first-order chi connectivity index (χ1) is 7.09. The molecule has 2 N–H and O–H groups in total. The van der Waals surface area contributed by atoms with Crippen LogP contribution in [0.15, 0.2) is 15.2 Å². The molecule has 0 radical (unpaired) electrons. The van der Waals surface area contributed by atoms with Crippen molar-refractivity contribution in [3.8, 4) is 0 Å². The summed E-state index contributed by atoms with van der Waals surface area (Å²) in [5, 5.41) is 7.93. The van der Waals surface area contributed by atoms with Gasteiger partial charge in [0.15, 0.2) is 0 Å². The maximum atomic E-state index is 11.5. The van der Waals surface area contributed by atoms with Crippen molar-refractivity contribution in [1.82, 2.24) is 10.6 Å². The van der Waals surface area contributed by atoms with Crippen molar-refractivity contribution in [1.29, 1.82) is 0 Å². The minimum absolute atomic E-state index is 0.0116. The molecule has 0 aromatic carbocycles. The molecule has 3 nitrogen and oxygen atoms in total. The molecular formula is C10H15BrN2OS. The van der Waals surface area contributed by atoms with Gasteiger partial charge in [0.1, 0.15) is 0 Å². The van der Waals surface area contributed by atoms with E-state index in [9.17, 15) is 4.79 Å². The molecule has 0 aliphatic carbocycles. The Kier molecular flexibility index (Phi) is 5.28. The number of halogens is 1. The monoisotopic (exact) mass is 290 g/mol. The number of hydrogen-bond donors (Lipinski definition) is 2. The molecule has 15 heavy (non-hydrogen) atoms. The van der Waals surface area contributed by atoms with Crippen LogP contribution in [0.1, 0.15) is 24.2 Å². The third kappa shape index (κ3) is 4.77. The highest BCUT2D eigenvalue weighted by Gasteiger charge is 2.06. The van der Waals surface area contributed by atoms with Crippen LogP contribution in [-0.2, 0) is 0 Å². The van der Waals surface area contributed by atoms with Gasteiger partial charge in [-0.1, -0.05) is 13.8 Å². The Labute approximate surface area is 102 Å². The number of hydrogen-bond acceptors (Lipinski definition) is 3. The minimum atomic E-state index is -0.0116. The molecule has 0 aliphatic rings. The Morgan fingerprint density at radius 1 is 1.53 bits per heavy atom. The van der Waals surface area contributed by atoms with E-state index in [1.807, 2.05) is 11.4 Å². The molecule has 0 aliphatic heterocycles. The molecule has 0 fully saturated rings. The number of carbonyl (C=O) groups excluding carboxylic acids is 1. The standard InChI is InChI=1S/C10H15BrN2OS/c1-7(2)12-3-4-13-10(14)8-5-9(11)15-6-8/h5-7,12H,3-4H2,1-2H3,(H,13,14). The van der Waals surface area contributed by atoms with Crippen molar-refractivity contribution < 1.29 is 4.79 Å². The molecule has 0 unspecified atom stereocenters. The first-order valence-electron chi connectivity index (χ1n) is 4.85. The van der Waals surface area contributed by atoms with Crippen LogP contribution < -0.4 is 10.6 Å². The SMILES string of the molecule is CC(C)NCCNC(=O)c1csc(Br)c1. The maximum absolute atomic E-state index is 11.5. The Bertz CT molecular complexity index is 325. The summed E-state index contributed by atoms with van der Waals surface area (Å²) < 4.78 is 0.980. The molecule has 0 saturated carbocycles. The van der Waals surface area contributed by atoms with Crippen LogP contribution in [0, 0.1) is 0 Å². The summed E-state index contributed by atoms with van der Waals surface area (Å²) in [6.07, 6.45) is 0. The summed E-state index contributed by atoms with van der Waals surface area (Å²) in [6.45, 7) is 5.62. The van der Waals surface area contributed by atoms with E-state index >= 15 is 0 Å². The number of thiophene rings is 1. The lowest BCUT2D eigenvalue weighted by molar-refractivity contribution is 0.0954. The molecule has 0 spiro atoms. The number of amides is 1. The lowest BCUT2D eigenvalue weighted by Gasteiger charge is -2.08. The zero-order valence-electron chi connectivity index (χ0n) is 8.84. The summed E-state index contributed by atoms with van der Waals surface area (Å²) in [7, 11) is 0. The van der Waals surface area contributed by atoms with E-state index < -0.39 is 0 Å². The summed E-state index contributed by atoms with van der Waals surface area (Å²) in [5.41, 5.74) is 0.719. The van der Waals surface area contributed by atoms with Gasteiger partial charge in [0.05, 0.1) is 9.35 Å². The molecule has 0 bridgehead atoms. The molecular weight excluding hydrogens is 276 g/mol. The first-order valence-corrected chi connectivity index (χ1v) is 6.52. The number of carbonyl (C=O) groups is 1. The van der Waals surface area contributed by atoms with Gasteiger partial charge in [0, 0.05) is 24.5 Å². The van der Waals surface area contributed by atoms with E-state index in [-0.39, 0.29) is 5.91 Å². The zero-order chi connectivity index (χ0) is 11.3. The molecule has 1 heterocycles. The zero-order valence-corrected chi connectivity index (χ0v) is 11.2. The quantitative estimate of drug-likeness (QED) is 0.817. The second-order valence-corrected chi connectivity index (χ2v) is 5.79. The number of nitrogens with one attached hydrogen (secondary N) is 2. The third-order valence-corrected chi connectivity index (χ3v) is 3.30. The van der Waals surface area contributed by atoms with E-state index in [4.69, 9.17) is 0 Å². The normalized spacial score (nSPS) is 10.7. The maximum Gasteiger partial charge on any atom is 0.252 e. The molecule has 1 aromatic rings. The summed E-state index contributed by atoms with van der Waals surface area (Å²) in [4.78, 5) is 11.5. The van der Waals surface area contributed by atoms with Gasteiger partial charge in [0.25, 0.3) is 5.91 Å². The predicted molar refractivity (Wildman–Crippen MR) is 67.5 cm³/mol. The van der Waals surface area contributed by atoms with Gasteiger partial charge >= 0.3 is 0 Å². The molecule has 0 saturated heterocycles. The summed E-state index contributed by atoms with van der Waals surface area (Å²) in [6, 6.07) is 2.28. The van der Waals surface area contributed by atoms with Gasteiger partial charge < -0.3 is 10.6 Å². The third-order valence-electron chi connectivity index (χ3n) is 1.79. The summed E-state index contributed by atoms with van der Waals surface area (Å²) >= 11 is 4.84. The van der Waals surface area contributed by atoms with Crippen molar-refractivity contribution in [2.24, 2.45) is 0 Å². The van der Waals surface area contributed by atoms with E-state index in [0.29, 0.717) is 12.6 Å². The topological polar surface area (TPSA) is 41.1 Å². The van der Waals surface area contributed by atoms with Gasteiger partial charge in [-0.2, -0.15) is 0 Å². The summed E-state index contributed by atoms with van der Waals surface area (Å²) in [5.74, 6) is -0.0116. The Morgan fingerprint density at radius 3 is 2.80 bits per heavy atom. The first kappa shape index (κ1) is 12.7. The highest BCUT2D eigenvalue weighted by molar-refractivity contribution is 9.11. The van der Waals surface area contributed by atoms with Crippen LogP contribution in [-0.4, -0.2) is 25.0 Å². The van der Waals surface area contributed by atoms with Gasteiger partial charge in [-0.15, -0.1) is 11.3 Å². The smallest absolute Gasteiger partial charge is 0.252 e. The van der Waals surface area contributed by atoms with Crippen molar-refractivity contribution in [2.75, 3.05) is 13.1 Å². The van der Waals surface area contributed by atoms with E-state index in [0.717, 1.165) is 15.9 Å². The van der Waals surface area contributed by atoms with E-state index in [1.165, 1.54) is 11.3 Å². The van der Waals surface area contributed by atoms with Gasteiger partial charge in [0.2, 0.25) is 0 Å². The second-order valence-electron chi connectivity index (χ2n) is 3.50. The lowest BCUT2D eigenvalue weighted by Crippen LogP contribution is -2.34. The fourth-order valence-corrected chi connectivity index (χ4v) is 2.20. The predicted octanol–water partition coefficient (Wildman–Crippen LogP) is 2.24. The Morgan fingerprint density at radius 2 is 2.27 bits per heavy atom. The van der Waals surface area contributed by atoms with Crippen molar-refractivity contribution in [2.45, 2.75) is 19.9 Å². The van der Waals surface area contributed by atoms with Gasteiger partial charge in [-0.3, -0.25) is 4.79 Å².